The lowest BCUT2D eigenvalue weighted by atomic mass is 10.1. The lowest BCUT2D eigenvalue weighted by molar-refractivity contribution is -0.135. The second-order valence-corrected chi connectivity index (χ2v) is 7.78. The number of ether oxygens (including phenoxy) is 2. The number of carbonyl (C=O) groups is 2. The molecule has 150 valence electrons. The number of carbonyl (C=O) groups excluding carboxylic acids is 2. The molecule has 1 aliphatic rings. The molecule has 6 nitrogen and oxygen atoms in total. The van der Waals surface area contributed by atoms with Crippen molar-refractivity contribution >= 4 is 33.2 Å². The number of methoxy groups -OCH3 is 2. The molecule has 0 bridgehead atoms. The van der Waals surface area contributed by atoms with E-state index in [1.165, 1.54) is 17.2 Å². The Hall–Kier alpha value is -3.06. The SMILES string of the molecule is COc1ccc(C(=O)N2CCN(Cc3csc4ccccc34)C(=O)C2)cc1OC. The van der Waals surface area contributed by atoms with Crippen molar-refractivity contribution in [2.45, 2.75) is 6.54 Å². The van der Waals surface area contributed by atoms with Gasteiger partial charge < -0.3 is 19.3 Å². The van der Waals surface area contributed by atoms with Crippen LogP contribution in [0.2, 0.25) is 0 Å². The van der Waals surface area contributed by atoms with Crippen LogP contribution < -0.4 is 9.47 Å². The van der Waals surface area contributed by atoms with Gasteiger partial charge in [0.1, 0.15) is 6.54 Å². The molecule has 3 aromatic rings. The van der Waals surface area contributed by atoms with Crippen molar-refractivity contribution in [2.24, 2.45) is 0 Å². The van der Waals surface area contributed by atoms with Crippen molar-refractivity contribution in [2.75, 3.05) is 33.9 Å². The molecule has 7 heteroatoms. The Morgan fingerprint density at radius 3 is 2.62 bits per heavy atom. The predicted molar refractivity (Wildman–Crippen MR) is 113 cm³/mol. The van der Waals surface area contributed by atoms with Gasteiger partial charge in [-0.3, -0.25) is 9.59 Å². The van der Waals surface area contributed by atoms with Crippen molar-refractivity contribution in [3.63, 3.8) is 0 Å². The van der Waals surface area contributed by atoms with Gasteiger partial charge in [0, 0.05) is 29.9 Å². The van der Waals surface area contributed by atoms with Crippen molar-refractivity contribution < 1.29 is 19.1 Å². The maximum atomic E-state index is 12.9. The van der Waals surface area contributed by atoms with Crippen molar-refractivity contribution in [1.29, 1.82) is 0 Å². The van der Waals surface area contributed by atoms with E-state index in [0.29, 0.717) is 36.7 Å². The van der Waals surface area contributed by atoms with Gasteiger partial charge in [-0.15, -0.1) is 11.3 Å². The molecule has 1 fully saturated rings. The lowest BCUT2D eigenvalue weighted by Crippen LogP contribution is -2.51. The highest BCUT2D eigenvalue weighted by molar-refractivity contribution is 7.17. The van der Waals surface area contributed by atoms with Gasteiger partial charge in [-0.1, -0.05) is 18.2 Å². The molecule has 1 aromatic heterocycles. The predicted octanol–water partition coefficient (Wildman–Crippen LogP) is 3.40. The minimum absolute atomic E-state index is 0.0413. The number of amides is 2. The highest BCUT2D eigenvalue weighted by Gasteiger charge is 2.28. The highest BCUT2D eigenvalue weighted by Crippen LogP contribution is 2.29. The number of benzene rings is 2. The van der Waals surface area contributed by atoms with Crippen LogP contribution in [0.25, 0.3) is 10.1 Å². The highest BCUT2D eigenvalue weighted by atomic mass is 32.1. The fourth-order valence-electron chi connectivity index (χ4n) is 3.56. The number of piperazine rings is 1. The Morgan fingerprint density at radius 2 is 1.86 bits per heavy atom. The zero-order valence-electron chi connectivity index (χ0n) is 16.4. The largest absolute Gasteiger partial charge is 0.493 e. The summed E-state index contributed by atoms with van der Waals surface area (Å²) in [6.45, 7) is 1.67. The van der Waals surface area contributed by atoms with Crippen LogP contribution in [-0.4, -0.2) is 55.5 Å². The molecule has 0 radical (unpaired) electrons. The molecular formula is C22H22N2O4S. The minimum atomic E-state index is -0.181. The summed E-state index contributed by atoms with van der Waals surface area (Å²) in [5.74, 6) is 0.834. The minimum Gasteiger partial charge on any atom is -0.493 e. The molecule has 2 heterocycles. The molecule has 1 aliphatic heterocycles. The molecule has 2 amide bonds. The molecule has 0 atom stereocenters. The van der Waals surface area contributed by atoms with E-state index in [0.717, 1.165) is 5.56 Å². The number of nitrogens with zero attached hydrogens (tertiary/aromatic N) is 2. The van der Waals surface area contributed by atoms with E-state index in [1.54, 1.807) is 41.5 Å². The molecule has 1 saturated heterocycles. The summed E-state index contributed by atoms with van der Waals surface area (Å²) >= 11 is 1.69. The maximum absolute atomic E-state index is 12.9. The van der Waals surface area contributed by atoms with Gasteiger partial charge in [0.15, 0.2) is 11.5 Å². The summed E-state index contributed by atoms with van der Waals surface area (Å²) in [6.07, 6.45) is 0. The van der Waals surface area contributed by atoms with Crippen molar-refractivity contribution in [3.05, 3.63) is 59.0 Å². The van der Waals surface area contributed by atoms with Crippen LogP contribution in [0.5, 0.6) is 11.5 Å². The summed E-state index contributed by atoms with van der Waals surface area (Å²) in [5, 5.41) is 3.30. The zero-order chi connectivity index (χ0) is 20.4. The molecule has 0 spiro atoms. The summed E-state index contributed by atoms with van der Waals surface area (Å²) in [5.41, 5.74) is 1.63. The summed E-state index contributed by atoms with van der Waals surface area (Å²) in [6, 6.07) is 13.2. The number of fused-ring (bicyclic) bond motifs is 1. The van der Waals surface area contributed by atoms with Crippen molar-refractivity contribution in [3.8, 4) is 11.5 Å². The van der Waals surface area contributed by atoms with Crippen LogP contribution in [0.4, 0.5) is 0 Å². The second-order valence-electron chi connectivity index (χ2n) is 6.87. The van der Waals surface area contributed by atoms with Crippen LogP contribution in [-0.2, 0) is 11.3 Å². The number of hydrogen-bond donors (Lipinski definition) is 0. The summed E-state index contributed by atoms with van der Waals surface area (Å²) < 4.78 is 11.7. The summed E-state index contributed by atoms with van der Waals surface area (Å²) in [7, 11) is 3.08. The standard InChI is InChI=1S/C22H22N2O4S/c1-27-18-8-7-15(11-19(18)28-2)22(26)24-10-9-23(21(25)13-24)12-16-14-29-20-6-4-3-5-17(16)20/h3-8,11,14H,9-10,12-13H2,1-2H3. The summed E-state index contributed by atoms with van der Waals surface area (Å²) in [4.78, 5) is 29.0. The van der Waals surface area contributed by atoms with E-state index < -0.39 is 0 Å². The fourth-order valence-corrected chi connectivity index (χ4v) is 4.52. The Bertz CT molecular complexity index is 1060. The van der Waals surface area contributed by atoms with Gasteiger partial charge in [-0.25, -0.2) is 0 Å². The monoisotopic (exact) mass is 410 g/mol. The number of hydrogen-bond acceptors (Lipinski definition) is 5. The van der Waals surface area contributed by atoms with Crippen LogP contribution >= 0.6 is 11.3 Å². The van der Waals surface area contributed by atoms with Gasteiger partial charge in [-0.2, -0.15) is 0 Å². The average molecular weight is 410 g/mol. The fraction of sp³-hybridized carbons (Fsp3) is 0.273. The Morgan fingerprint density at radius 1 is 1.07 bits per heavy atom. The van der Waals surface area contributed by atoms with Crippen LogP contribution in [0.15, 0.2) is 47.8 Å². The third-order valence-electron chi connectivity index (χ3n) is 5.16. The Labute approximate surface area is 173 Å². The third-order valence-corrected chi connectivity index (χ3v) is 6.17. The quantitative estimate of drug-likeness (QED) is 0.647. The van der Waals surface area contributed by atoms with Crippen LogP contribution in [0.1, 0.15) is 15.9 Å². The van der Waals surface area contributed by atoms with Gasteiger partial charge in [0.25, 0.3) is 5.91 Å². The topological polar surface area (TPSA) is 59.1 Å². The van der Waals surface area contributed by atoms with Gasteiger partial charge in [0.2, 0.25) is 5.91 Å². The number of rotatable bonds is 5. The Balaban J connectivity index is 1.45. The van der Waals surface area contributed by atoms with E-state index in [9.17, 15) is 9.59 Å². The molecule has 2 aromatic carbocycles. The second kappa shape index (κ2) is 8.13. The van der Waals surface area contributed by atoms with E-state index in [2.05, 4.69) is 17.5 Å². The normalized spacial score (nSPS) is 14.3. The molecule has 4 rings (SSSR count). The van der Waals surface area contributed by atoms with E-state index >= 15 is 0 Å². The molecule has 0 aliphatic carbocycles. The molecule has 0 saturated carbocycles. The van der Waals surface area contributed by atoms with Gasteiger partial charge in [0.05, 0.1) is 14.2 Å². The first-order valence-electron chi connectivity index (χ1n) is 9.35. The first-order chi connectivity index (χ1) is 14.1. The van der Waals surface area contributed by atoms with E-state index in [1.807, 2.05) is 17.0 Å². The van der Waals surface area contributed by atoms with E-state index in [-0.39, 0.29) is 18.4 Å². The third kappa shape index (κ3) is 3.78. The maximum Gasteiger partial charge on any atom is 0.254 e. The first-order valence-corrected chi connectivity index (χ1v) is 10.2. The smallest absolute Gasteiger partial charge is 0.254 e. The average Bonchev–Trinajstić information content (AvgIpc) is 3.17. The van der Waals surface area contributed by atoms with Crippen LogP contribution in [0.3, 0.4) is 0 Å². The Kier molecular flexibility index (Phi) is 5.40. The zero-order valence-corrected chi connectivity index (χ0v) is 17.2. The van der Waals surface area contributed by atoms with Crippen LogP contribution in [0, 0.1) is 0 Å². The lowest BCUT2D eigenvalue weighted by Gasteiger charge is -2.34. The molecular weight excluding hydrogens is 388 g/mol. The molecule has 0 unspecified atom stereocenters. The molecule has 29 heavy (non-hydrogen) atoms. The van der Waals surface area contributed by atoms with Crippen molar-refractivity contribution in [1.82, 2.24) is 9.80 Å². The van der Waals surface area contributed by atoms with E-state index in [4.69, 9.17) is 9.47 Å². The van der Waals surface area contributed by atoms with Gasteiger partial charge in [-0.05, 0) is 40.6 Å². The first kappa shape index (κ1) is 19.3. The molecule has 0 N–H and O–H groups in total. The van der Waals surface area contributed by atoms with Gasteiger partial charge >= 0.3 is 0 Å². The number of thiophene rings is 1.